The van der Waals surface area contributed by atoms with Gasteiger partial charge >= 0.3 is 0 Å². The largest absolute Gasteiger partial charge is 0.494 e. The summed E-state index contributed by atoms with van der Waals surface area (Å²) in [7, 11) is 1.35. The van der Waals surface area contributed by atoms with E-state index in [0.29, 0.717) is 4.47 Å². The average Bonchev–Trinajstić information content (AvgIpc) is 2.50. The first kappa shape index (κ1) is 15.8. The molecule has 1 amide bonds. The maximum atomic E-state index is 13.6. The Hall–Kier alpha value is -2.59. The fourth-order valence-electron chi connectivity index (χ4n) is 1.80. The molecule has 3 N–H and O–H groups in total. The molecule has 112 valence electrons. The lowest BCUT2D eigenvalue weighted by molar-refractivity contribution is 0.102. The molecule has 2 aromatic carbocycles. The van der Waals surface area contributed by atoms with Crippen molar-refractivity contribution in [3.8, 4) is 5.75 Å². The Bertz CT molecular complexity index is 787. The highest BCUT2D eigenvalue weighted by atomic mass is 79.9. The summed E-state index contributed by atoms with van der Waals surface area (Å²) in [5.74, 6) is -1.05. The second-order valence-electron chi connectivity index (χ2n) is 4.30. The maximum absolute atomic E-state index is 13.6. The van der Waals surface area contributed by atoms with E-state index in [9.17, 15) is 9.18 Å². The minimum Gasteiger partial charge on any atom is -0.494 e. The van der Waals surface area contributed by atoms with E-state index in [4.69, 9.17) is 17.0 Å². The third-order valence-electron chi connectivity index (χ3n) is 2.90. The summed E-state index contributed by atoms with van der Waals surface area (Å²) >= 11 is 3.20. The third-order valence-corrected chi connectivity index (χ3v) is 3.55. The Morgan fingerprint density at radius 3 is 2.73 bits per heavy atom. The van der Waals surface area contributed by atoms with Gasteiger partial charge in [-0.1, -0.05) is 0 Å². The van der Waals surface area contributed by atoms with E-state index in [1.165, 1.54) is 31.4 Å². The van der Waals surface area contributed by atoms with Crippen molar-refractivity contribution in [2.24, 2.45) is 0 Å². The van der Waals surface area contributed by atoms with Gasteiger partial charge in [-0.25, -0.2) is 9.24 Å². The lowest BCUT2D eigenvalue weighted by Crippen LogP contribution is -2.14. The summed E-state index contributed by atoms with van der Waals surface area (Å²) in [6.45, 7) is 7.01. The van der Waals surface area contributed by atoms with Gasteiger partial charge in [0.05, 0.1) is 24.9 Å². The molecule has 0 saturated heterocycles. The number of carbonyl (C=O) groups is 1. The molecule has 7 heteroatoms. The van der Waals surface area contributed by atoms with Crippen LogP contribution >= 0.6 is 15.9 Å². The highest BCUT2D eigenvalue weighted by Crippen LogP contribution is 2.30. The van der Waals surface area contributed by atoms with Crippen molar-refractivity contribution in [3.05, 3.63) is 57.6 Å². The van der Waals surface area contributed by atoms with E-state index in [1.54, 1.807) is 0 Å². The van der Waals surface area contributed by atoms with Gasteiger partial charge in [-0.2, -0.15) is 0 Å². The van der Waals surface area contributed by atoms with Crippen molar-refractivity contribution < 1.29 is 13.9 Å². The van der Waals surface area contributed by atoms with Crippen molar-refractivity contribution in [1.82, 2.24) is 0 Å². The molecule has 0 bridgehead atoms. The number of nitrogens with zero attached hydrogens (tertiary/aromatic N) is 1. The summed E-state index contributed by atoms with van der Waals surface area (Å²) in [6.07, 6.45) is 0. The molecule has 5 nitrogen and oxygen atoms in total. The number of methoxy groups -OCH3 is 1. The van der Waals surface area contributed by atoms with Crippen LogP contribution in [-0.4, -0.2) is 13.0 Å². The molecule has 0 radical (unpaired) electrons. The number of rotatable bonds is 3. The normalized spacial score (nSPS) is 9.91. The minimum atomic E-state index is -0.593. The third kappa shape index (κ3) is 3.18. The van der Waals surface area contributed by atoms with E-state index in [0.717, 1.165) is 6.07 Å². The van der Waals surface area contributed by atoms with E-state index in [1.807, 2.05) is 0 Å². The van der Waals surface area contributed by atoms with Crippen LogP contribution in [0.4, 0.5) is 21.5 Å². The number of hydrogen-bond acceptors (Lipinski definition) is 3. The standard InChI is InChI=1S/C15H11BrFN3O2/c1-19-9-5-10(14(18)11(16)6-9)15(21)20-8-3-4-13(22-2)12(17)7-8/h3-7H,18H2,2H3,(H,20,21). The molecule has 0 aromatic heterocycles. The van der Waals surface area contributed by atoms with Gasteiger partial charge in [-0.3, -0.25) is 4.79 Å². The van der Waals surface area contributed by atoms with E-state index in [-0.39, 0.29) is 28.4 Å². The molecule has 0 unspecified atom stereocenters. The smallest absolute Gasteiger partial charge is 0.256 e. The molecule has 2 aromatic rings. The first-order valence-corrected chi connectivity index (χ1v) is 6.87. The zero-order valence-corrected chi connectivity index (χ0v) is 13.1. The lowest BCUT2D eigenvalue weighted by atomic mass is 10.1. The zero-order chi connectivity index (χ0) is 16.3. The molecule has 0 aliphatic carbocycles. The Balaban J connectivity index is 2.32. The van der Waals surface area contributed by atoms with E-state index >= 15 is 0 Å². The maximum Gasteiger partial charge on any atom is 0.256 e. The Morgan fingerprint density at radius 2 is 2.14 bits per heavy atom. The second-order valence-corrected chi connectivity index (χ2v) is 5.16. The van der Waals surface area contributed by atoms with Crippen LogP contribution in [0, 0.1) is 12.4 Å². The predicted molar refractivity (Wildman–Crippen MR) is 85.7 cm³/mol. The van der Waals surface area contributed by atoms with Crippen molar-refractivity contribution in [1.29, 1.82) is 0 Å². The van der Waals surface area contributed by atoms with Crippen LogP contribution in [-0.2, 0) is 0 Å². The van der Waals surface area contributed by atoms with Crippen LogP contribution < -0.4 is 15.8 Å². The quantitative estimate of drug-likeness (QED) is 0.639. The van der Waals surface area contributed by atoms with Gasteiger partial charge in [-0.05, 0) is 40.2 Å². The van der Waals surface area contributed by atoms with Crippen LogP contribution in [0.15, 0.2) is 34.8 Å². The van der Waals surface area contributed by atoms with Crippen molar-refractivity contribution >= 4 is 38.9 Å². The number of ether oxygens (including phenoxy) is 1. The van der Waals surface area contributed by atoms with Gasteiger partial charge in [0.1, 0.15) is 0 Å². The minimum absolute atomic E-state index is 0.0789. The van der Waals surface area contributed by atoms with Crippen LogP contribution in [0.5, 0.6) is 5.75 Å². The summed E-state index contributed by atoms with van der Waals surface area (Å²) in [5, 5.41) is 2.53. The molecule has 0 aliphatic heterocycles. The summed E-state index contributed by atoms with van der Waals surface area (Å²) < 4.78 is 18.9. The van der Waals surface area contributed by atoms with Crippen LogP contribution in [0.1, 0.15) is 10.4 Å². The molecular formula is C15H11BrFN3O2. The molecule has 2 rings (SSSR count). The Morgan fingerprint density at radius 1 is 1.41 bits per heavy atom. The number of nitrogens with two attached hydrogens (primary N) is 1. The molecule has 0 heterocycles. The average molecular weight is 364 g/mol. The first-order chi connectivity index (χ1) is 10.5. The van der Waals surface area contributed by atoms with Crippen LogP contribution in [0.2, 0.25) is 0 Å². The van der Waals surface area contributed by atoms with Crippen molar-refractivity contribution in [2.75, 3.05) is 18.2 Å². The molecule has 0 saturated carbocycles. The van der Waals surface area contributed by atoms with Gasteiger partial charge in [0.25, 0.3) is 5.91 Å². The summed E-state index contributed by atoms with van der Waals surface area (Å²) in [6, 6.07) is 6.94. The van der Waals surface area contributed by atoms with Gasteiger partial charge in [-0.15, -0.1) is 0 Å². The Labute approximate surface area is 134 Å². The number of nitrogen functional groups attached to an aromatic ring is 1. The molecule has 22 heavy (non-hydrogen) atoms. The number of benzene rings is 2. The second kappa shape index (κ2) is 6.45. The molecule has 0 fully saturated rings. The van der Waals surface area contributed by atoms with Gasteiger partial charge < -0.3 is 15.8 Å². The monoisotopic (exact) mass is 363 g/mol. The molecule has 0 aliphatic rings. The fraction of sp³-hybridized carbons (Fsp3) is 0.0667. The van der Waals surface area contributed by atoms with Gasteiger partial charge in [0.15, 0.2) is 17.3 Å². The summed E-state index contributed by atoms with van der Waals surface area (Å²) in [5.41, 5.74) is 6.70. The van der Waals surface area contributed by atoms with Crippen LogP contribution in [0.25, 0.3) is 4.85 Å². The number of anilines is 2. The van der Waals surface area contributed by atoms with Gasteiger partial charge in [0, 0.05) is 16.2 Å². The molecular weight excluding hydrogens is 353 g/mol. The fourth-order valence-corrected chi connectivity index (χ4v) is 2.25. The van der Waals surface area contributed by atoms with Crippen molar-refractivity contribution in [3.63, 3.8) is 0 Å². The summed E-state index contributed by atoms with van der Waals surface area (Å²) in [4.78, 5) is 15.5. The number of carbonyl (C=O) groups excluding carboxylic acids is 1. The SMILES string of the molecule is [C-]#[N+]c1cc(Br)c(N)c(C(=O)Nc2ccc(OC)c(F)c2)c1. The van der Waals surface area contributed by atoms with Crippen LogP contribution in [0.3, 0.4) is 0 Å². The number of hydrogen-bond donors (Lipinski definition) is 2. The zero-order valence-electron chi connectivity index (χ0n) is 11.5. The number of amides is 1. The van der Waals surface area contributed by atoms with E-state index in [2.05, 4.69) is 26.1 Å². The molecule has 0 spiro atoms. The van der Waals surface area contributed by atoms with Crippen molar-refractivity contribution in [2.45, 2.75) is 0 Å². The lowest BCUT2D eigenvalue weighted by Gasteiger charge is -2.10. The highest BCUT2D eigenvalue weighted by Gasteiger charge is 2.15. The number of nitrogens with one attached hydrogen (secondary N) is 1. The van der Waals surface area contributed by atoms with E-state index < -0.39 is 11.7 Å². The van der Waals surface area contributed by atoms with Gasteiger partial charge in [0.2, 0.25) is 0 Å². The number of halogens is 2. The topological polar surface area (TPSA) is 68.7 Å². The first-order valence-electron chi connectivity index (χ1n) is 6.07. The Kier molecular flexibility index (Phi) is 4.63. The molecule has 0 atom stereocenters. The predicted octanol–water partition coefficient (Wildman–Crippen LogP) is 3.98. The highest BCUT2D eigenvalue weighted by molar-refractivity contribution is 9.10.